The minimum absolute atomic E-state index is 0.0917. The van der Waals surface area contributed by atoms with Crippen LogP contribution in [0.4, 0.5) is 0 Å². The molecular weight excluding hydrogens is 805 g/mol. The van der Waals surface area contributed by atoms with E-state index in [-0.39, 0.29) is 31.1 Å². The van der Waals surface area contributed by atoms with Gasteiger partial charge in [0.2, 0.25) is 0 Å². The zero-order valence-corrected chi connectivity index (χ0v) is 43.3. The van der Waals surface area contributed by atoms with E-state index in [0.29, 0.717) is 19.3 Å². The second-order valence-electron chi connectivity index (χ2n) is 18.9. The Kier molecular flexibility index (Phi) is 51.8. The fourth-order valence-corrected chi connectivity index (χ4v) is 8.01. The predicted octanol–water partition coefficient (Wildman–Crippen LogP) is 18.7. The van der Waals surface area contributed by atoms with E-state index in [0.717, 1.165) is 89.9 Å². The third-order valence-corrected chi connectivity index (χ3v) is 12.3. The maximum absolute atomic E-state index is 12.8. The molecule has 65 heavy (non-hydrogen) atoms. The highest BCUT2D eigenvalue weighted by Gasteiger charge is 2.19. The molecule has 0 bridgehead atoms. The first kappa shape index (κ1) is 62.4. The number of ether oxygens (including phenoxy) is 3. The number of hydrogen-bond donors (Lipinski definition) is 0. The van der Waals surface area contributed by atoms with Crippen LogP contribution in [0.5, 0.6) is 0 Å². The number of esters is 3. The van der Waals surface area contributed by atoms with Gasteiger partial charge in [0.15, 0.2) is 6.10 Å². The Morgan fingerprint density at radius 1 is 0.308 bits per heavy atom. The molecule has 0 aliphatic heterocycles. The molecule has 0 saturated heterocycles. The van der Waals surface area contributed by atoms with Crippen LogP contribution in [0, 0.1) is 0 Å². The monoisotopic (exact) mass is 911 g/mol. The van der Waals surface area contributed by atoms with Gasteiger partial charge in [0.1, 0.15) is 13.2 Å². The van der Waals surface area contributed by atoms with Gasteiger partial charge in [0.25, 0.3) is 0 Å². The van der Waals surface area contributed by atoms with Gasteiger partial charge < -0.3 is 14.2 Å². The van der Waals surface area contributed by atoms with Crippen LogP contribution in [-0.4, -0.2) is 37.2 Å². The van der Waals surface area contributed by atoms with Crippen molar-refractivity contribution in [1.82, 2.24) is 0 Å². The molecule has 0 heterocycles. The molecule has 0 aliphatic carbocycles. The van der Waals surface area contributed by atoms with Crippen molar-refractivity contribution < 1.29 is 28.6 Å². The third kappa shape index (κ3) is 52.2. The van der Waals surface area contributed by atoms with Crippen LogP contribution < -0.4 is 0 Å². The van der Waals surface area contributed by atoms with Crippen LogP contribution in [0.2, 0.25) is 0 Å². The van der Waals surface area contributed by atoms with E-state index in [2.05, 4.69) is 69.4 Å². The van der Waals surface area contributed by atoms with Crippen molar-refractivity contribution in [1.29, 1.82) is 0 Å². The van der Waals surface area contributed by atoms with E-state index in [1.165, 1.54) is 161 Å². The summed E-state index contributed by atoms with van der Waals surface area (Å²) in [5, 5.41) is 0. The average molecular weight is 911 g/mol. The van der Waals surface area contributed by atoms with Crippen LogP contribution in [-0.2, 0) is 28.6 Å². The molecule has 0 amide bonds. The highest BCUT2D eigenvalue weighted by molar-refractivity contribution is 5.71. The maximum atomic E-state index is 12.8. The van der Waals surface area contributed by atoms with E-state index in [9.17, 15) is 14.4 Å². The van der Waals surface area contributed by atoms with E-state index in [1.54, 1.807) is 0 Å². The molecule has 0 fully saturated rings. The van der Waals surface area contributed by atoms with Crippen LogP contribution in [0.15, 0.2) is 48.6 Å². The Bertz CT molecular complexity index is 1140. The molecular formula is C59H106O6. The fourth-order valence-electron chi connectivity index (χ4n) is 8.01. The summed E-state index contributed by atoms with van der Waals surface area (Å²) in [5.41, 5.74) is 0. The van der Waals surface area contributed by atoms with E-state index < -0.39 is 6.10 Å². The molecule has 0 N–H and O–H groups in total. The molecule has 6 heteroatoms. The van der Waals surface area contributed by atoms with Crippen LogP contribution >= 0.6 is 0 Å². The lowest BCUT2D eigenvalue weighted by Crippen LogP contribution is -2.30. The Labute approximate surface area is 403 Å². The van der Waals surface area contributed by atoms with Gasteiger partial charge in [-0.25, -0.2) is 0 Å². The molecule has 0 saturated carbocycles. The maximum Gasteiger partial charge on any atom is 0.306 e. The zero-order chi connectivity index (χ0) is 47.2. The summed E-state index contributed by atoms with van der Waals surface area (Å²) in [6, 6.07) is 0. The van der Waals surface area contributed by atoms with Gasteiger partial charge in [-0.05, 0) is 96.3 Å². The topological polar surface area (TPSA) is 78.9 Å². The molecule has 0 aliphatic rings. The number of hydrogen-bond acceptors (Lipinski definition) is 6. The normalized spacial score (nSPS) is 12.4. The first-order chi connectivity index (χ1) is 32.0. The summed E-state index contributed by atoms with van der Waals surface area (Å²) >= 11 is 0. The first-order valence-electron chi connectivity index (χ1n) is 28.2. The second-order valence-corrected chi connectivity index (χ2v) is 18.9. The highest BCUT2D eigenvalue weighted by atomic mass is 16.6. The summed E-state index contributed by atoms with van der Waals surface area (Å²) in [6.07, 6.45) is 65.3. The van der Waals surface area contributed by atoms with E-state index in [1.807, 2.05) is 0 Å². The van der Waals surface area contributed by atoms with Crippen LogP contribution in [0.3, 0.4) is 0 Å². The van der Waals surface area contributed by atoms with Gasteiger partial charge in [-0.15, -0.1) is 0 Å². The van der Waals surface area contributed by atoms with Gasteiger partial charge in [-0.1, -0.05) is 223 Å². The Balaban J connectivity index is 4.42. The van der Waals surface area contributed by atoms with Crippen molar-refractivity contribution in [3.05, 3.63) is 48.6 Å². The number of allylic oxidation sites excluding steroid dienone is 8. The Morgan fingerprint density at radius 3 is 0.877 bits per heavy atom. The van der Waals surface area contributed by atoms with Gasteiger partial charge in [0, 0.05) is 19.3 Å². The summed E-state index contributed by atoms with van der Waals surface area (Å²) in [7, 11) is 0. The van der Waals surface area contributed by atoms with E-state index >= 15 is 0 Å². The predicted molar refractivity (Wildman–Crippen MR) is 279 cm³/mol. The van der Waals surface area contributed by atoms with Crippen LogP contribution in [0.1, 0.15) is 290 Å². The summed E-state index contributed by atoms with van der Waals surface area (Å²) in [6.45, 7) is 6.61. The lowest BCUT2D eigenvalue weighted by Gasteiger charge is -2.18. The van der Waals surface area contributed by atoms with Gasteiger partial charge >= 0.3 is 17.9 Å². The van der Waals surface area contributed by atoms with Crippen molar-refractivity contribution in [2.75, 3.05) is 13.2 Å². The lowest BCUT2D eigenvalue weighted by atomic mass is 10.1. The summed E-state index contributed by atoms with van der Waals surface area (Å²) in [4.78, 5) is 38.1. The van der Waals surface area contributed by atoms with Gasteiger partial charge in [-0.3, -0.25) is 14.4 Å². The van der Waals surface area contributed by atoms with E-state index in [4.69, 9.17) is 14.2 Å². The van der Waals surface area contributed by atoms with Crippen LogP contribution in [0.25, 0.3) is 0 Å². The van der Waals surface area contributed by atoms with Crippen molar-refractivity contribution in [3.8, 4) is 0 Å². The zero-order valence-electron chi connectivity index (χ0n) is 43.3. The van der Waals surface area contributed by atoms with Crippen molar-refractivity contribution in [2.24, 2.45) is 0 Å². The summed E-state index contributed by atoms with van der Waals surface area (Å²) < 4.78 is 16.8. The molecule has 378 valence electrons. The fraction of sp³-hybridized carbons (Fsp3) is 0.814. The standard InChI is InChI=1S/C59H106O6/c1-4-7-10-13-16-19-22-25-27-29-30-32-34-37-40-43-46-49-52-58(61)64-55-56(54-63-57(60)51-48-45-42-39-36-33-24-21-18-15-12-9-6-3)65-59(62)53-50-47-44-41-38-35-31-28-26-23-20-17-14-11-8-5-2/h28,30-33,35-36,38,56H,4-27,29,34,37,39-55H2,1-3H3/b31-28-,32-30-,36-33-,38-35-. The molecule has 0 aromatic rings. The number of carbonyl (C=O) groups excluding carboxylic acids is 3. The highest BCUT2D eigenvalue weighted by Crippen LogP contribution is 2.15. The molecule has 6 nitrogen and oxygen atoms in total. The molecule has 0 spiro atoms. The number of rotatable bonds is 51. The van der Waals surface area contributed by atoms with Crippen molar-refractivity contribution in [3.63, 3.8) is 0 Å². The SMILES string of the molecule is CCCCCCCC/C=C\CCCCCC(=O)OCC(COC(=O)CCCCCCC/C=C\CCCCCCCCCCC)OC(=O)CCCCC/C=C\C=C/CCCCCCCCC. The molecule has 0 aromatic heterocycles. The van der Waals surface area contributed by atoms with Gasteiger partial charge in [-0.2, -0.15) is 0 Å². The van der Waals surface area contributed by atoms with Gasteiger partial charge in [0.05, 0.1) is 0 Å². The molecule has 0 rings (SSSR count). The second kappa shape index (κ2) is 54.0. The molecule has 1 unspecified atom stereocenters. The lowest BCUT2D eigenvalue weighted by molar-refractivity contribution is -0.167. The Morgan fingerprint density at radius 2 is 0.554 bits per heavy atom. The molecule has 0 radical (unpaired) electrons. The minimum Gasteiger partial charge on any atom is -0.462 e. The number of unbranched alkanes of at least 4 members (excludes halogenated alkanes) is 33. The van der Waals surface area contributed by atoms with Crippen molar-refractivity contribution >= 4 is 17.9 Å². The average Bonchev–Trinajstić information content (AvgIpc) is 3.30. The number of carbonyl (C=O) groups is 3. The third-order valence-electron chi connectivity index (χ3n) is 12.3. The molecule has 0 aromatic carbocycles. The minimum atomic E-state index is -0.795. The summed E-state index contributed by atoms with van der Waals surface area (Å²) in [5.74, 6) is -0.932. The first-order valence-corrected chi connectivity index (χ1v) is 28.2. The smallest absolute Gasteiger partial charge is 0.306 e. The van der Waals surface area contributed by atoms with Crippen molar-refractivity contribution in [2.45, 2.75) is 297 Å². The largest absolute Gasteiger partial charge is 0.462 e. The Hall–Kier alpha value is -2.63. The molecule has 1 atom stereocenters. The quantitative estimate of drug-likeness (QED) is 0.0199.